The summed E-state index contributed by atoms with van der Waals surface area (Å²) in [6.07, 6.45) is 1.76. The van der Waals surface area contributed by atoms with Crippen LogP contribution in [0, 0.1) is 6.92 Å². The van der Waals surface area contributed by atoms with Gasteiger partial charge < -0.3 is 20.4 Å². The number of carbonyl (C=O) groups excluding carboxylic acids is 1. The van der Waals surface area contributed by atoms with Gasteiger partial charge in [0, 0.05) is 18.9 Å². The van der Waals surface area contributed by atoms with Crippen LogP contribution in [0.5, 0.6) is 0 Å². The quantitative estimate of drug-likeness (QED) is 0.687. The molecule has 0 aliphatic heterocycles. The van der Waals surface area contributed by atoms with Crippen LogP contribution >= 0.6 is 0 Å². The van der Waals surface area contributed by atoms with Gasteiger partial charge in [0.1, 0.15) is 5.69 Å². The molecule has 0 saturated carbocycles. The summed E-state index contributed by atoms with van der Waals surface area (Å²) in [6, 6.07) is 11.2. The largest absolute Gasteiger partial charge is 0.453 e. The fourth-order valence-corrected chi connectivity index (χ4v) is 2.20. The van der Waals surface area contributed by atoms with E-state index < -0.39 is 5.97 Å². The van der Waals surface area contributed by atoms with Crippen LogP contribution in [0.1, 0.15) is 21.9 Å². The molecule has 0 unspecified atom stereocenters. The van der Waals surface area contributed by atoms with Crippen molar-refractivity contribution in [3.63, 3.8) is 0 Å². The number of hydrogen-bond acceptors (Lipinski definition) is 7. The highest BCUT2D eigenvalue weighted by Gasteiger charge is 2.12. The minimum atomic E-state index is -0.459. The highest BCUT2D eigenvalue weighted by atomic mass is 16.5. The van der Waals surface area contributed by atoms with Crippen molar-refractivity contribution in [2.75, 3.05) is 11.1 Å². The summed E-state index contributed by atoms with van der Waals surface area (Å²) in [5.74, 6) is 0.153. The molecule has 1 aromatic carbocycles. The van der Waals surface area contributed by atoms with E-state index in [2.05, 4.69) is 20.3 Å². The lowest BCUT2D eigenvalue weighted by Gasteiger charge is -2.08. The third kappa shape index (κ3) is 4.11. The maximum atomic E-state index is 12.0. The van der Waals surface area contributed by atoms with Crippen molar-refractivity contribution in [1.29, 1.82) is 0 Å². The molecule has 0 saturated heterocycles. The van der Waals surface area contributed by atoms with Crippen molar-refractivity contribution >= 4 is 23.6 Å². The smallest absolute Gasteiger partial charge is 0.355 e. The lowest BCUT2D eigenvalue weighted by Crippen LogP contribution is -2.13. The third-order valence-electron chi connectivity index (χ3n) is 3.49. The van der Waals surface area contributed by atoms with Gasteiger partial charge in [-0.2, -0.15) is 15.0 Å². The Morgan fingerprint density at radius 1 is 1.20 bits per heavy atom. The molecular weight excluding hydrogens is 320 g/mol. The van der Waals surface area contributed by atoms with Crippen LogP contribution in [0.25, 0.3) is 0 Å². The van der Waals surface area contributed by atoms with Gasteiger partial charge in [-0.05, 0) is 31.2 Å². The van der Waals surface area contributed by atoms with Gasteiger partial charge in [0.2, 0.25) is 11.9 Å². The van der Waals surface area contributed by atoms with E-state index in [4.69, 9.17) is 10.5 Å². The summed E-state index contributed by atoms with van der Waals surface area (Å²) < 4.78 is 6.91. The third-order valence-corrected chi connectivity index (χ3v) is 3.49. The van der Waals surface area contributed by atoms with Gasteiger partial charge in [-0.25, -0.2) is 4.79 Å². The van der Waals surface area contributed by atoms with Crippen LogP contribution in [0.4, 0.5) is 17.6 Å². The number of nitrogen functional groups attached to an aromatic ring is 1. The Morgan fingerprint density at radius 2 is 1.96 bits per heavy atom. The highest BCUT2D eigenvalue weighted by Crippen LogP contribution is 2.14. The minimum Gasteiger partial charge on any atom is -0.453 e. The first-order chi connectivity index (χ1) is 12.0. The van der Waals surface area contributed by atoms with E-state index in [1.165, 1.54) is 0 Å². The van der Waals surface area contributed by atoms with Crippen molar-refractivity contribution in [2.24, 2.45) is 7.05 Å². The number of hydrogen-bond donors (Lipinski definition) is 2. The molecule has 0 atom stereocenters. The maximum absolute atomic E-state index is 12.0. The van der Waals surface area contributed by atoms with Crippen molar-refractivity contribution in [1.82, 2.24) is 19.5 Å². The van der Waals surface area contributed by atoms with Crippen molar-refractivity contribution in [3.05, 3.63) is 59.7 Å². The fourth-order valence-electron chi connectivity index (χ4n) is 2.20. The lowest BCUT2D eigenvalue weighted by atomic mass is 10.2. The van der Waals surface area contributed by atoms with Gasteiger partial charge in [0.15, 0.2) is 12.4 Å². The SMILES string of the molecule is Cc1ccc(Nc2nc(N)nc(COC(=O)c3cccn3C)n2)cc1. The Bertz CT molecular complexity index is 888. The van der Waals surface area contributed by atoms with Crippen molar-refractivity contribution < 1.29 is 9.53 Å². The van der Waals surface area contributed by atoms with E-state index in [0.717, 1.165) is 11.3 Å². The van der Waals surface area contributed by atoms with Crippen LogP contribution in [-0.2, 0) is 18.4 Å². The molecular formula is C17H18N6O2. The summed E-state index contributed by atoms with van der Waals surface area (Å²) in [7, 11) is 1.76. The molecule has 8 heteroatoms. The molecule has 0 aliphatic carbocycles. The molecule has 3 aromatic rings. The molecule has 3 rings (SSSR count). The normalized spacial score (nSPS) is 10.5. The monoisotopic (exact) mass is 338 g/mol. The van der Waals surface area contributed by atoms with Gasteiger partial charge in [-0.3, -0.25) is 0 Å². The molecule has 2 aromatic heterocycles. The molecule has 8 nitrogen and oxygen atoms in total. The summed E-state index contributed by atoms with van der Waals surface area (Å²) >= 11 is 0. The number of aryl methyl sites for hydroxylation is 2. The van der Waals surface area contributed by atoms with E-state index in [-0.39, 0.29) is 18.4 Å². The van der Waals surface area contributed by atoms with Gasteiger partial charge in [-0.15, -0.1) is 0 Å². The average Bonchev–Trinajstić information content (AvgIpc) is 3.00. The zero-order chi connectivity index (χ0) is 17.8. The number of ether oxygens (including phenoxy) is 1. The van der Waals surface area contributed by atoms with E-state index in [1.807, 2.05) is 31.2 Å². The molecule has 0 radical (unpaired) electrons. The number of esters is 1. The second kappa shape index (κ2) is 7.00. The Hall–Kier alpha value is -3.42. The topological polar surface area (TPSA) is 108 Å². The zero-order valence-corrected chi connectivity index (χ0v) is 13.9. The molecule has 0 fully saturated rings. The number of aromatic nitrogens is 4. The van der Waals surface area contributed by atoms with Crippen molar-refractivity contribution in [2.45, 2.75) is 13.5 Å². The Labute approximate surface area is 144 Å². The predicted molar refractivity (Wildman–Crippen MR) is 93.2 cm³/mol. The van der Waals surface area contributed by atoms with Gasteiger partial charge in [-0.1, -0.05) is 17.7 Å². The summed E-state index contributed by atoms with van der Waals surface area (Å²) in [5, 5.41) is 3.05. The van der Waals surface area contributed by atoms with E-state index in [1.54, 1.807) is 29.9 Å². The number of carbonyl (C=O) groups is 1. The minimum absolute atomic E-state index is 0.0505. The number of nitrogens with one attached hydrogen (secondary N) is 1. The maximum Gasteiger partial charge on any atom is 0.355 e. The van der Waals surface area contributed by atoms with E-state index in [0.29, 0.717) is 11.6 Å². The molecule has 0 bridgehead atoms. The molecule has 3 N–H and O–H groups in total. The second-order valence-electron chi connectivity index (χ2n) is 5.50. The lowest BCUT2D eigenvalue weighted by molar-refractivity contribution is 0.0451. The molecule has 2 heterocycles. The van der Waals surface area contributed by atoms with E-state index >= 15 is 0 Å². The standard InChI is InChI=1S/C17H18N6O2/c1-11-5-7-12(8-6-11)19-17-21-14(20-16(18)22-17)10-25-15(24)13-4-3-9-23(13)2/h3-9H,10H2,1-2H3,(H3,18,19,20,21,22). The molecule has 0 spiro atoms. The van der Waals surface area contributed by atoms with Crippen LogP contribution in [0.2, 0.25) is 0 Å². The fraction of sp³-hybridized carbons (Fsp3) is 0.176. The van der Waals surface area contributed by atoms with Crippen LogP contribution in [0.15, 0.2) is 42.6 Å². The summed E-state index contributed by atoms with van der Waals surface area (Å²) in [5.41, 5.74) is 8.13. The van der Waals surface area contributed by atoms with Gasteiger partial charge >= 0.3 is 5.97 Å². The average molecular weight is 338 g/mol. The number of benzene rings is 1. The van der Waals surface area contributed by atoms with E-state index in [9.17, 15) is 4.79 Å². The van der Waals surface area contributed by atoms with Gasteiger partial charge in [0.25, 0.3) is 0 Å². The number of anilines is 3. The number of rotatable bonds is 5. The molecule has 128 valence electrons. The predicted octanol–water partition coefficient (Wildman–Crippen LogP) is 2.20. The molecule has 0 aliphatic rings. The zero-order valence-electron chi connectivity index (χ0n) is 13.9. The van der Waals surface area contributed by atoms with Crippen LogP contribution in [-0.4, -0.2) is 25.5 Å². The van der Waals surface area contributed by atoms with Gasteiger partial charge in [0.05, 0.1) is 0 Å². The first kappa shape index (κ1) is 16.4. The first-order valence-electron chi connectivity index (χ1n) is 7.64. The highest BCUT2D eigenvalue weighted by molar-refractivity contribution is 5.87. The Morgan fingerprint density at radius 3 is 2.64 bits per heavy atom. The second-order valence-corrected chi connectivity index (χ2v) is 5.50. The Kier molecular flexibility index (Phi) is 4.60. The summed E-state index contributed by atoms with van der Waals surface area (Å²) in [4.78, 5) is 24.3. The number of nitrogens with zero attached hydrogens (tertiary/aromatic N) is 4. The Balaban J connectivity index is 1.70. The van der Waals surface area contributed by atoms with Crippen LogP contribution in [0.3, 0.4) is 0 Å². The van der Waals surface area contributed by atoms with Crippen molar-refractivity contribution in [3.8, 4) is 0 Å². The molecule has 25 heavy (non-hydrogen) atoms. The summed E-state index contributed by atoms with van der Waals surface area (Å²) in [6.45, 7) is 1.91. The number of nitrogens with two attached hydrogens (primary N) is 1. The molecule has 0 amide bonds. The first-order valence-corrected chi connectivity index (χ1v) is 7.64. The van der Waals surface area contributed by atoms with Crippen LogP contribution < -0.4 is 11.1 Å².